The SMILES string of the molecule is C#CC(C)CN[C@@H](CCC(=O)O)C(=O)O. The zero-order valence-corrected chi connectivity index (χ0v) is 8.56. The van der Waals surface area contributed by atoms with Gasteiger partial charge in [0.15, 0.2) is 0 Å². The van der Waals surface area contributed by atoms with Crippen LogP contribution in [0, 0.1) is 18.3 Å². The van der Waals surface area contributed by atoms with E-state index >= 15 is 0 Å². The molecule has 2 atom stereocenters. The molecule has 3 N–H and O–H groups in total. The van der Waals surface area contributed by atoms with Crippen LogP contribution in [0.3, 0.4) is 0 Å². The Bertz CT molecular complexity index is 269. The Labute approximate surface area is 88.5 Å². The molecule has 0 bridgehead atoms. The smallest absolute Gasteiger partial charge is 0.320 e. The van der Waals surface area contributed by atoms with Gasteiger partial charge in [-0.3, -0.25) is 9.59 Å². The fourth-order valence-electron chi connectivity index (χ4n) is 0.959. The molecule has 15 heavy (non-hydrogen) atoms. The Hall–Kier alpha value is -1.54. The summed E-state index contributed by atoms with van der Waals surface area (Å²) in [6, 6.07) is -0.850. The van der Waals surface area contributed by atoms with Crippen molar-refractivity contribution < 1.29 is 19.8 Å². The maximum atomic E-state index is 10.7. The summed E-state index contributed by atoms with van der Waals surface area (Å²) in [5, 5.41) is 19.9. The molecule has 5 heteroatoms. The van der Waals surface area contributed by atoms with E-state index in [9.17, 15) is 9.59 Å². The summed E-state index contributed by atoms with van der Waals surface area (Å²) in [6.45, 7) is 2.15. The molecule has 0 saturated carbocycles. The number of aliphatic carboxylic acids is 2. The van der Waals surface area contributed by atoms with Gasteiger partial charge < -0.3 is 15.5 Å². The fourth-order valence-corrected chi connectivity index (χ4v) is 0.959. The summed E-state index contributed by atoms with van der Waals surface area (Å²) < 4.78 is 0. The minimum Gasteiger partial charge on any atom is -0.481 e. The van der Waals surface area contributed by atoms with Crippen LogP contribution in [0.25, 0.3) is 0 Å². The van der Waals surface area contributed by atoms with Crippen molar-refractivity contribution >= 4 is 11.9 Å². The van der Waals surface area contributed by atoms with Crippen LogP contribution in [-0.2, 0) is 9.59 Å². The number of hydrogen-bond acceptors (Lipinski definition) is 3. The van der Waals surface area contributed by atoms with E-state index in [4.69, 9.17) is 16.6 Å². The number of hydrogen-bond donors (Lipinski definition) is 3. The normalized spacial score (nSPS) is 13.9. The third kappa shape index (κ3) is 6.52. The van der Waals surface area contributed by atoms with E-state index in [1.54, 1.807) is 6.92 Å². The average molecular weight is 213 g/mol. The lowest BCUT2D eigenvalue weighted by molar-refractivity contribution is -0.140. The molecule has 0 fully saturated rings. The quantitative estimate of drug-likeness (QED) is 0.524. The number of terminal acetylenes is 1. The van der Waals surface area contributed by atoms with E-state index in [2.05, 4.69) is 11.2 Å². The van der Waals surface area contributed by atoms with Gasteiger partial charge in [0, 0.05) is 18.9 Å². The van der Waals surface area contributed by atoms with Crippen molar-refractivity contribution in [3.63, 3.8) is 0 Å². The Kier molecular flexibility index (Phi) is 6.14. The van der Waals surface area contributed by atoms with Crippen LogP contribution in [0.1, 0.15) is 19.8 Å². The number of nitrogens with one attached hydrogen (secondary N) is 1. The van der Waals surface area contributed by atoms with Gasteiger partial charge in [-0.15, -0.1) is 12.3 Å². The fraction of sp³-hybridized carbons (Fsp3) is 0.600. The summed E-state index contributed by atoms with van der Waals surface area (Å²) in [6.07, 6.45) is 5.01. The van der Waals surface area contributed by atoms with E-state index in [1.807, 2.05) is 0 Å². The number of carboxylic acids is 2. The molecular weight excluding hydrogens is 198 g/mol. The van der Waals surface area contributed by atoms with Crippen LogP contribution in [0.2, 0.25) is 0 Å². The van der Waals surface area contributed by atoms with Crippen molar-refractivity contribution in [3.05, 3.63) is 0 Å². The number of carbonyl (C=O) groups is 2. The van der Waals surface area contributed by atoms with E-state index < -0.39 is 18.0 Å². The van der Waals surface area contributed by atoms with E-state index in [0.29, 0.717) is 6.54 Å². The first kappa shape index (κ1) is 13.5. The minimum absolute atomic E-state index is 0.0575. The van der Waals surface area contributed by atoms with Crippen LogP contribution in [0.5, 0.6) is 0 Å². The van der Waals surface area contributed by atoms with Crippen molar-refractivity contribution in [1.82, 2.24) is 5.32 Å². The lowest BCUT2D eigenvalue weighted by atomic mass is 10.1. The van der Waals surface area contributed by atoms with Gasteiger partial charge in [-0.2, -0.15) is 0 Å². The average Bonchev–Trinajstić information content (AvgIpc) is 2.16. The standard InChI is InChI=1S/C10H15NO4/c1-3-7(2)6-11-8(10(14)15)4-5-9(12)13/h1,7-8,11H,4-6H2,2H3,(H,12,13)(H,14,15)/t7?,8-/m0/s1. The molecule has 0 aromatic rings. The summed E-state index contributed by atoms with van der Waals surface area (Å²) in [4.78, 5) is 21.0. The van der Waals surface area contributed by atoms with E-state index in [-0.39, 0.29) is 18.8 Å². The Morgan fingerprint density at radius 1 is 1.47 bits per heavy atom. The lowest BCUT2D eigenvalue weighted by Gasteiger charge is -2.14. The zero-order valence-electron chi connectivity index (χ0n) is 8.56. The molecule has 0 saturated heterocycles. The largest absolute Gasteiger partial charge is 0.481 e. The molecule has 0 aromatic carbocycles. The van der Waals surface area contributed by atoms with Gasteiger partial charge in [0.2, 0.25) is 0 Å². The van der Waals surface area contributed by atoms with Gasteiger partial charge in [0.1, 0.15) is 6.04 Å². The molecule has 0 amide bonds. The molecular formula is C10H15NO4. The van der Waals surface area contributed by atoms with Gasteiger partial charge in [-0.05, 0) is 6.42 Å². The highest BCUT2D eigenvalue weighted by Gasteiger charge is 2.18. The predicted octanol–water partition coefficient (Wildman–Crippen LogP) is 0.163. The minimum atomic E-state index is -1.06. The van der Waals surface area contributed by atoms with Crippen molar-refractivity contribution in [2.24, 2.45) is 5.92 Å². The van der Waals surface area contributed by atoms with Gasteiger partial charge in [0.25, 0.3) is 0 Å². The maximum absolute atomic E-state index is 10.7. The first-order valence-electron chi connectivity index (χ1n) is 4.61. The topological polar surface area (TPSA) is 86.6 Å². The molecule has 0 aromatic heterocycles. The summed E-state index contributed by atoms with van der Waals surface area (Å²) >= 11 is 0. The lowest BCUT2D eigenvalue weighted by Crippen LogP contribution is -2.39. The van der Waals surface area contributed by atoms with Crippen molar-refractivity contribution in [2.45, 2.75) is 25.8 Å². The second kappa shape index (κ2) is 6.85. The van der Waals surface area contributed by atoms with Crippen molar-refractivity contribution in [1.29, 1.82) is 0 Å². The molecule has 5 nitrogen and oxygen atoms in total. The summed E-state index contributed by atoms with van der Waals surface area (Å²) in [5.41, 5.74) is 0. The molecule has 0 radical (unpaired) electrons. The molecule has 0 aliphatic heterocycles. The molecule has 0 rings (SSSR count). The molecule has 0 heterocycles. The molecule has 84 valence electrons. The third-order valence-electron chi connectivity index (χ3n) is 1.90. The summed E-state index contributed by atoms with van der Waals surface area (Å²) in [7, 11) is 0. The first-order valence-corrected chi connectivity index (χ1v) is 4.61. The van der Waals surface area contributed by atoms with E-state index in [0.717, 1.165) is 0 Å². The third-order valence-corrected chi connectivity index (χ3v) is 1.90. The Morgan fingerprint density at radius 2 is 2.07 bits per heavy atom. The highest BCUT2D eigenvalue weighted by atomic mass is 16.4. The van der Waals surface area contributed by atoms with Crippen LogP contribution in [0.4, 0.5) is 0 Å². The van der Waals surface area contributed by atoms with Crippen LogP contribution in [0.15, 0.2) is 0 Å². The van der Waals surface area contributed by atoms with Crippen LogP contribution < -0.4 is 5.32 Å². The molecule has 1 unspecified atom stereocenters. The second-order valence-corrected chi connectivity index (χ2v) is 3.30. The highest BCUT2D eigenvalue weighted by molar-refractivity contribution is 5.75. The molecule has 0 aliphatic carbocycles. The van der Waals surface area contributed by atoms with Gasteiger partial charge in [0.05, 0.1) is 0 Å². The maximum Gasteiger partial charge on any atom is 0.320 e. The first-order chi connectivity index (χ1) is 6.97. The molecule has 0 aliphatic rings. The Morgan fingerprint density at radius 3 is 2.47 bits per heavy atom. The monoisotopic (exact) mass is 213 g/mol. The second-order valence-electron chi connectivity index (χ2n) is 3.30. The van der Waals surface area contributed by atoms with E-state index in [1.165, 1.54) is 0 Å². The predicted molar refractivity (Wildman–Crippen MR) is 54.3 cm³/mol. The van der Waals surface area contributed by atoms with Gasteiger partial charge >= 0.3 is 11.9 Å². The van der Waals surface area contributed by atoms with Gasteiger partial charge in [-0.25, -0.2) is 0 Å². The van der Waals surface area contributed by atoms with Crippen molar-refractivity contribution in [2.75, 3.05) is 6.54 Å². The summed E-state index contributed by atoms with van der Waals surface area (Å²) in [5.74, 6) is 0.318. The highest BCUT2D eigenvalue weighted by Crippen LogP contribution is 1.99. The molecule has 0 spiro atoms. The van der Waals surface area contributed by atoms with Crippen molar-refractivity contribution in [3.8, 4) is 12.3 Å². The van der Waals surface area contributed by atoms with Gasteiger partial charge in [-0.1, -0.05) is 6.92 Å². The number of rotatable bonds is 7. The van der Waals surface area contributed by atoms with Crippen LogP contribution in [-0.4, -0.2) is 34.7 Å². The Balaban J connectivity index is 4.01. The zero-order chi connectivity index (χ0) is 11.8. The van der Waals surface area contributed by atoms with Crippen LogP contribution >= 0.6 is 0 Å². The number of carboxylic acid groups (broad SMARTS) is 2.